The summed E-state index contributed by atoms with van der Waals surface area (Å²) in [6.45, 7) is 7.20. The fraction of sp³-hybridized carbons (Fsp3) is 0.300. The minimum Gasteiger partial charge on any atom is -0.481 e. The van der Waals surface area contributed by atoms with E-state index in [0.29, 0.717) is 11.4 Å². The number of nitrogens with one attached hydrogen (secondary N) is 1. The molecule has 0 aromatic heterocycles. The van der Waals surface area contributed by atoms with Crippen molar-refractivity contribution in [3.05, 3.63) is 53.6 Å². The highest BCUT2D eigenvalue weighted by molar-refractivity contribution is 5.95. The summed E-state index contributed by atoms with van der Waals surface area (Å²) >= 11 is 0. The Morgan fingerprint density at radius 1 is 1.04 bits per heavy atom. The molecule has 0 aliphatic rings. The number of carbonyl (C=O) groups is 2. The van der Waals surface area contributed by atoms with E-state index in [0.717, 1.165) is 16.8 Å². The third-order valence-corrected chi connectivity index (χ3v) is 3.87. The number of hydrogen-bond donors (Lipinski definition) is 1. The standard InChI is InChI=1S/C20H24N2O3/c1-13-10-14(2)12-19(11-13)25-15(3)20(24)21-17-6-8-18(9-7-17)22(5)16(4)23/h6-12,15H,1-5H3,(H,21,24)/t15-/m0/s1. The Morgan fingerprint density at radius 3 is 2.12 bits per heavy atom. The van der Waals surface area contributed by atoms with Gasteiger partial charge >= 0.3 is 0 Å². The van der Waals surface area contributed by atoms with Gasteiger partial charge in [-0.05, 0) is 68.3 Å². The van der Waals surface area contributed by atoms with E-state index in [2.05, 4.69) is 11.4 Å². The molecular weight excluding hydrogens is 316 g/mol. The van der Waals surface area contributed by atoms with E-state index in [1.165, 1.54) is 11.8 Å². The Hall–Kier alpha value is -2.82. The first-order valence-corrected chi connectivity index (χ1v) is 8.16. The van der Waals surface area contributed by atoms with E-state index in [9.17, 15) is 9.59 Å². The van der Waals surface area contributed by atoms with Crippen LogP contribution < -0.4 is 15.0 Å². The highest BCUT2D eigenvalue weighted by Gasteiger charge is 2.15. The predicted molar refractivity (Wildman–Crippen MR) is 100 cm³/mol. The molecule has 0 saturated heterocycles. The Labute approximate surface area is 148 Å². The van der Waals surface area contributed by atoms with E-state index in [1.54, 1.807) is 38.2 Å². The van der Waals surface area contributed by atoms with Gasteiger partial charge in [0.1, 0.15) is 5.75 Å². The van der Waals surface area contributed by atoms with Crippen LogP contribution in [0.25, 0.3) is 0 Å². The smallest absolute Gasteiger partial charge is 0.265 e. The van der Waals surface area contributed by atoms with E-state index in [1.807, 2.05) is 26.0 Å². The number of aryl methyl sites for hydroxylation is 2. The molecule has 0 aliphatic carbocycles. The molecule has 2 aromatic carbocycles. The SMILES string of the molecule is CC(=O)N(C)c1ccc(NC(=O)[C@H](C)Oc2cc(C)cc(C)c2)cc1. The maximum atomic E-state index is 12.3. The fourth-order valence-electron chi connectivity index (χ4n) is 2.45. The molecule has 132 valence electrons. The molecule has 0 unspecified atom stereocenters. The van der Waals surface area contributed by atoms with Crippen molar-refractivity contribution < 1.29 is 14.3 Å². The number of amides is 2. The summed E-state index contributed by atoms with van der Waals surface area (Å²) in [4.78, 5) is 25.2. The van der Waals surface area contributed by atoms with Crippen LogP contribution in [0.4, 0.5) is 11.4 Å². The zero-order valence-corrected chi connectivity index (χ0v) is 15.3. The average molecular weight is 340 g/mol. The maximum Gasteiger partial charge on any atom is 0.265 e. The van der Waals surface area contributed by atoms with Crippen molar-refractivity contribution >= 4 is 23.2 Å². The molecule has 25 heavy (non-hydrogen) atoms. The second kappa shape index (κ2) is 7.83. The fourth-order valence-corrected chi connectivity index (χ4v) is 2.45. The van der Waals surface area contributed by atoms with Crippen molar-refractivity contribution in [2.24, 2.45) is 0 Å². The number of hydrogen-bond acceptors (Lipinski definition) is 3. The number of benzene rings is 2. The lowest BCUT2D eigenvalue weighted by Crippen LogP contribution is -2.30. The van der Waals surface area contributed by atoms with Gasteiger partial charge in [0.15, 0.2) is 6.10 Å². The van der Waals surface area contributed by atoms with Crippen molar-refractivity contribution in [2.75, 3.05) is 17.3 Å². The van der Waals surface area contributed by atoms with E-state index >= 15 is 0 Å². The summed E-state index contributed by atoms with van der Waals surface area (Å²) < 4.78 is 5.74. The van der Waals surface area contributed by atoms with Crippen LogP contribution in [0.3, 0.4) is 0 Å². The minimum absolute atomic E-state index is 0.0488. The van der Waals surface area contributed by atoms with Crippen LogP contribution >= 0.6 is 0 Å². The van der Waals surface area contributed by atoms with Gasteiger partial charge in [0.2, 0.25) is 5.91 Å². The average Bonchev–Trinajstić information content (AvgIpc) is 2.53. The van der Waals surface area contributed by atoms with Crippen LogP contribution in [0.1, 0.15) is 25.0 Å². The first-order valence-electron chi connectivity index (χ1n) is 8.16. The molecule has 5 heteroatoms. The van der Waals surface area contributed by atoms with Gasteiger partial charge in [-0.15, -0.1) is 0 Å². The van der Waals surface area contributed by atoms with Crippen LogP contribution in [0.15, 0.2) is 42.5 Å². The number of anilines is 2. The van der Waals surface area contributed by atoms with Gasteiger partial charge in [-0.3, -0.25) is 9.59 Å². The zero-order chi connectivity index (χ0) is 18.6. The van der Waals surface area contributed by atoms with Gasteiger partial charge in [0.05, 0.1) is 0 Å². The van der Waals surface area contributed by atoms with Gasteiger partial charge in [0, 0.05) is 25.3 Å². The highest BCUT2D eigenvalue weighted by atomic mass is 16.5. The molecule has 0 spiro atoms. The molecule has 0 heterocycles. The second-order valence-electron chi connectivity index (χ2n) is 6.20. The third-order valence-electron chi connectivity index (χ3n) is 3.87. The van der Waals surface area contributed by atoms with Crippen LogP contribution in [0, 0.1) is 13.8 Å². The molecule has 0 radical (unpaired) electrons. The van der Waals surface area contributed by atoms with Crippen molar-refractivity contribution in [1.82, 2.24) is 0 Å². The van der Waals surface area contributed by atoms with Gasteiger partial charge in [-0.1, -0.05) is 6.07 Å². The number of carbonyl (C=O) groups excluding carboxylic acids is 2. The molecule has 0 bridgehead atoms. The quantitative estimate of drug-likeness (QED) is 0.903. The van der Waals surface area contributed by atoms with Crippen molar-refractivity contribution in [2.45, 2.75) is 33.8 Å². The topological polar surface area (TPSA) is 58.6 Å². The lowest BCUT2D eigenvalue weighted by molar-refractivity contribution is -0.122. The van der Waals surface area contributed by atoms with E-state index in [-0.39, 0.29) is 11.8 Å². The summed E-state index contributed by atoms with van der Waals surface area (Å²) in [5.41, 5.74) is 3.60. The predicted octanol–water partition coefficient (Wildman–Crippen LogP) is 3.69. The third kappa shape index (κ3) is 5.08. The Morgan fingerprint density at radius 2 is 1.60 bits per heavy atom. The molecule has 1 N–H and O–H groups in total. The Kier molecular flexibility index (Phi) is 5.80. The Bertz CT molecular complexity index is 749. The molecular formula is C20H24N2O3. The zero-order valence-electron chi connectivity index (χ0n) is 15.3. The highest BCUT2D eigenvalue weighted by Crippen LogP contribution is 2.19. The van der Waals surface area contributed by atoms with E-state index < -0.39 is 6.10 Å². The van der Waals surface area contributed by atoms with Gasteiger partial charge in [-0.25, -0.2) is 0 Å². The Balaban J connectivity index is 1.99. The molecule has 1 atom stereocenters. The second-order valence-corrected chi connectivity index (χ2v) is 6.20. The summed E-state index contributed by atoms with van der Waals surface area (Å²) in [5, 5.41) is 2.82. The van der Waals surface area contributed by atoms with Gasteiger partial charge < -0.3 is 15.0 Å². The summed E-state index contributed by atoms with van der Waals surface area (Å²) in [5.74, 6) is 0.401. The van der Waals surface area contributed by atoms with Gasteiger partial charge in [0.25, 0.3) is 5.91 Å². The largest absolute Gasteiger partial charge is 0.481 e. The lowest BCUT2D eigenvalue weighted by atomic mass is 10.1. The van der Waals surface area contributed by atoms with Crippen molar-refractivity contribution in [3.63, 3.8) is 0 Å². The summed E-state index contributed by atoms with van der Waals surface area (Å²) in [6.07, 6.45) is -0.624. The monoisotopic (exact) mass is 340 g/mol. The van der Waals surface area contributed by atoms with Crippen LogP contribution in [0.5, 0.6) is 5.75 Å². The molecule has 5 nitrogen and oxygen atoms in total. The number of nitrogens with zero attached hydrogens (tertiary/aromatic N) is 1. The first-order chi connectivity index (χ1) is 11.8. The molecule has 0 fully saturated rings. The van der Waals surface area contributed by atoms with Crippen molar-refractivity contribution in [3.8, 4) is 5.75 Å². The number of rotatable bonds is 5. The van der Waals surface area contributed by atoms with Gasteiger partial charge in [-0.2, -0.15) is 0 Å². The summed E-state index contributed by atoms with van der Waals surface area (Å²) in [7, 11) is 1.70. The van der Waals surface area contributed by atoms with Crippen LogP contribution in [-0.4, -0.2) is 25.0 Å². The lowest BCUT2D eigenvalue weighted by Gasteiger charge is -2.17. The molecule has 2 aromatic rings. The van der Waals surface area contributed by atoms with Crippen molar-refractivity contribution in [1.29, 1.82) is 0 Å². The first kappa shape index (κ1) is 18.5. The maximum absolute atomic E-state index is 12.3. The van der Waals surface area contributed by atoms with Crippen LogP contribution in [0.2, 0.25) is 0 Å². The molecule has 0 saturated carbocycles. The molecule has 0 aliphatic heterocycles. The van der Waals surface area contributed by atoms with Crippen LogP contribution in [-0.2, 0) is 9.59 Å². The van der Waals surface area contributed by atoms with E-state index in [4.69, 9.17) is 4.74 Å². The molecule has 2 rings (SSSR count). The minimum atomic E-state index is -0.624. The normalized spacial score (nSPS) is 11.6. The summed E-state index contributed by atoms with van der Waals surface area (Å²) in [6, 6.07) is 13.0. The molecule has 2 amide bonds. The number of ether oxygens (including phenoxy) is 1.